The fourth-order valence-corrected chi connectivity index (χ4v) is 4.19. The van der Waals surface area contributed by atoms with Gasteiger partial charge in [0.2, 0.25) is 5.91 Å². The number of imidazole rings is 1. The highest BCUT2D eigenvalue weighted by Gasteiger charge is 2.35. The average molecular weight is 508 g/mol. The van der Waals surface area contributed by atoms with E-state index in [1.54, 1.807) is 0 Å². The average Bonchev–Trinajstić information content (AvgIpc) is 3.22. The first-order valence-electron chi connectivity index (χ1n) is 10.8. The molecule has 11 heteroatoms. The molecule has 35 heavy (non-hydrogen) atoms. The molecule has 0 saturated carbocycles. The second-order valence-electron chi connectivity index (χ2n) is 8.34. The molecule has 0 radical (unpaired) electrons. The van der Waals surface area contributed by atoms with Gasteiger partial charge in [0.05, 0.1) is 29.2 Å². The van der Waals surface area contributed by atoms with Gasteiger partial charge in [0.25, 0.3) is 0 Å². The zero-order chi connectivity index (χ0) is 24.6. The third-order valence-corrected chi connectivity index (χ3v) is 6.06. The van der Waals surface area contributed by atoms with Crippen LogP contribution in [-0.4, -0.2) is 26.4 Å². The van der Waals surface area contributed by atoms with E-state index < -0.39 is 23.6 Å². The molecule has 3 aromatic rings. The number of rotatable bonds is 5. The lowest BCUT2D eigenvalue weighted by atomic mass is 9.96. The van der Waals surface area contributed by atoms with Crippen LogP contribution in [0.4, 0.5) is 18.9 Å². The maximum atomic E-state index is 14.0. The molecule has 0 spiro atoms. The second kappa shape index (κ2) is 9.99. The summed E-state index contributed by atoms with van der Waals surface area (Å²) in [4.78, 5) is 17.1. The number of nitrogens with one attached hydrogen (secondary N) is 2. The van der Waals surface area contributed by atoms with Crippen LogP contribution in [0.3, 0.4) is 0 Å². The molecule has 0 fully saturated rings. The van der Waals surface area contributed by atoms with Crippen LogP contribution < -0.4 is 11.1 Å². The zero-order valence-electron chi connectivity index (χ0n) is 18.8. The van der Waals surface area contributed by atoms with E-state index in [9.17, 15) is 23.1 Å². The van der Waals surface area contributed by atoms with Crippen molar-refractivity contribution in [1.82, 2.24) is 9.55 Å². The standard InChI is InChI=1S/C24H24F3N5O2.ClH/c1-13(16-10-14(22(28)29)6-9-21(16)33)23(34)31-15-7-8-19(17(11-15)24(25,26)27)32-12-30-18-4-2-3-5-20(18)32;/h6-13,33H,2-5H2,1H3,(H3,28,29)(H,31,34);1H. The van der Waals surface area contributed by atoms with Crippen LogP contribution in [0.15, 0.2) is 42.7 Å². The molecule has 1 unspecified atom stereocenters. The quantitative estimate of drug-likeness (QED) is 0.289. The minimum absolute atomic E-state index is 0. The number of carbonyl (C=O) groups excluding carboxylic acids is 1. The van der Waals surface area contributed by atoms with Crippen LogP contribution in [0.1, 0.15) is 53.8 Å². The normalized spacial score (nSPS) is 13.9. The number of nitrogens with zero attached hydrogens (tertiary/aromatic N) is 2. The van der Waals surface area contributed by atoms with Gasteiger partial charge in [-0.2, -0.15) is 13.2 Å². The van der Waals surface area contributed by atoms with Gasteiger partial charge >= 0.3 is 6.18 Å². The van der Waals surface area contributed by atoms with Crippen molar-refractivity contribution in [3.63, 3.8) is 0 Å². The highest BCUT2D eigenvalue weighted by atomic mass is 35.5. The molecule has 4 rings (SSSR count). The summed E-state index contributed by atoms with van der Waals surface area (Å²) in [6.07, 6.45) is 0.0278. The Labute approximate surface area is 206 Å². The number of aromatic hydroxyl groups is 1. The lowest BCUT2D eigenvalue weighted by molar-refractivity contribution is -0.137. The van der Waals surface area contributed by atoms with Crippen molar-refractivity contribution in [3.05, 3.63) is 70.8 Å². The second-order valence-corrected chi connectivity index (χ2v) is 8.34. The molecular formula is C24H25ClF3N5O2. The van der Waals surface area contributed by atoms with Gasteiger partial charge in [0, 0.05) is 22.5 Å². The third kappa shape index (κ3) is 5.27. The molecule has 2 aromatic carbocycles. The maximum absolute atomic E-state index is 14.0. The topological polar surface area (TPSA) is 117 Å². The molecule has 1 heterocycles. The van der Waals surface area contributed by atoms with Gasteiger partial charge < -0.3 is 20.7 Å². The summed E-state index contributed by atoms with van der Waals surface area (Å²) in [7, 11) is 0. The number of halogens is 4. The lowest BCUT2D eigenvalue weighted by Gasteiger charge is -2.20. The van der Waals surface area contributed by atoms with E-state index in [0.29, 0.717) is 12.0 Å². The summed E-state index contributed by atoms with van der Waals surface area (Å²) >= 11 is 0. The molecule has 0 saturated heterocycles. The number of hydrogen-bond acceptors (Lipinski definition) is 4. The first kappa shape index (κ1) is 26.1. The Balaban J connectivity index is 0.00000342. The van der Waals surface area contributed by atoms with Crippen LogP contribution >= 0.6 is 12.4 Å². The highest BCUT2D eigenvalue weighted by molar-refractivity contribution is 5.98. The van der Waals surface area contributed by atoms with Crippen LogP contribution in [0.25, 0.3) is 5.69 Å². The number of nitrogen functional groups attached to an aromatic ring is 1. The van der Waals surface area contributed by atoms with E-state index in [-0.39, 0.29) is 40.9 Å². The summed E-state index contributed by atoms with van der Waals surface area (Å²) < 4.78 is 43.4. The Bertz CT molecular complexity index is 1270. The smallest absolute Gasteiger partial charge is 0.418 e. The molecule has 186 valence electrons. The van der Waals surface area contributed by atoms with E-state index in [0.717, 1.165) is 36.7 Å². The SMILES string of the molecule is CC(C(=O)Nc1ccc(-n2cnc3c2CCCC3)c(C(F)(F)F)c1)c1cc(C(=N)N)ccc1O.Cl. The minimum atomic E-state index is -4.65. The molecular weight excluding hydrogens is 483 g/mol. The number of carbonyl (C=O) groups is 1. The minimum Gasteiger partial charge on any atom is -0.508 e. The summed E-state index contributed by atoms with van der Waals surface area (Å²) in [5.41, 5.74) is 6.65. The largest absolute Gasteiger partial charge is 0.508 e. The van der Waals surface area contributed by atoms with Gasteiger partial charge in [-0.1, -0.05) is 0 Å². The molecule has 1 atom stereocenters. The Morgan fingerprint density at radius 3 is 2.60 bits per heavy atom. The zero-order valence-corrected chi connectivity index (χ0v) is 19.6. The number of benzene rings is 2. The van der Waals surface area contributed by atoms with Gasteiger partial charge in [0.15, 0.2) is 0 Å². The number of phenols is 1. The predicted octanol–water partition coefficient (Wildman–Crippen LogP) is 4.92. The molecule has 5 N–H and O–H groups in total. The molecule has 1 aromatic heterocycles. The Hall–Kier alpha value is -3.53. The summed E-state index contributed by atoms with van der Waals surface area (Å²) in [5, 5.41) is 20.2. The molecule has 1 aliphatic rings. The summed E-state index contributed by atoms with van der Waals surface area (Å²) in [6, 6.07) is 7.81. The number of nitrogens with two attached hydrogens (primary N) is 1. The first-order chi connectivity index (χ1) is 16.1. The fraction of sp³-hybridized carbons (Fsp3) is 0.292. The number of anilines is 1. The van der Waals surface area contributed by atoms with Crippen molar-refractivity contribution in [1.29, 1.82) is 5.41 Å². The van der Waals surface area contributed by atoms with Gasteiger partial charge in [-0.3, -0.25) is 10.2 Å². The van der Waals surface area contributed by atoms with Crippen molar-refractivity contribution in [2.24, 2.45) is 5.73 Å². The number of fused-ring (bicyclic) bond motifs is 1. The Kier molecular flexibility index (Phi) is 7.44. The number of hydrogen-bond donors (Lipinski definition) is 4. The van der Waals surface area contributed by atoms with E-state index in [1.807, 2.05) is 0 Å². The lowest BCUT2D eigenvalue weighted by Crippen LogP contribution is -2.21. The van der Waals surface area contributed by atoms with Crippen LogP contribution in [0, 0.1) is 5.41 Å². The van der Waals surface area contributed by atoms with E-state index in [2.05, 4.69) is 10.3 Å². The Morgan fingerprint density at radius 2 is 1.91 bits per heavy atom. The van der Waals surface area contributed by atoms with Crippen molar-refractivity contribution < 1.29 is 23.1 Å². The van der Waals surface area contributed by atoms with Gasteiger partial charge in [-0.05, 0) is 69.0 Å². The van der Waals surface area contributed by atoms with Crippen molar-refractivity contribution >= 4 is 29.8 Å². The number of aromatic nitrogens is 2. The maximum Gasteiger partial charge on any atom is 0.418 e. The first-order valence-corrected chi connectivity index (χ1v) is 10.8. The van der Waals surface area contributed by atoms with E-state index in [4.69, 9.17) is 11.1 Å². The van der Waals surface area contributed by atoms with Crippen molar-refractivity contribution in [2.75, 3.05) is 5.32 Å². The van der Waals surface area contributed by atoms with E-state index >= 15 is 0 Å². The predicted molar refractivity (Wildman–Crippen MR) is 129 cm³/mol. The molecule has 1 aliphatic carbocycles. The Morgan fingerprint density at radius 1 is 1.20 bits per heavy atom. The third-order valence-electron chi connectivity index (χ3n) is 6.06. The number of amides is 1. The highest BCUT2D eigenvalue weighted by Crippen LogP contribution is 2.37. The van der Waals surface area contributed by atoms with Crippen LogP contribution in [-0.2, 0) is 23.8 Å². The molecule has 1 amide bonds. The number of alkyl halides is 3. The van der Waals surface area contributed by atoms with Gasteiger partial charge in [-0.25, -0.2) is 4.98 Å². The van der Waals surface area contributed by atoms with Crippen LogP contribution in [0.2, 0.25) is 0 Å². The van der Waals surface area contributed by atoms with E-state index in [1.165, 1.54) is 48.1 Å². The number of amidine groups is 1. The molecule has 7 nitrogen and oxygen atoms in total. The number of phenolic OH excluding ortho intramolecular Hbond substituents is 1. The summed E-state index contributed by atoms with van der Waals surface area (Å²) in [5.74, 6) is -1.93. The summed E-state index contributed by atoms with van der Waals surface area (Å²) in [6.45, 7) is 1.51. The molecule has 0 aliphatic heterocycles. The van der Waals surface area contributed by atoms with Crippen molar-refractivity contribution in [3.8, 4) is 11.4 Å². The van der Waals surface area contributed by atoms with Gasteiger partial charge in [-0.15, -0.1) is 12.4 Å². The van der Waals surface area contributed by atoms with Gasteiger partial charge in [0.1, 0.15) is 11.6 Å². The van der Waals surface area contributed by atoms with Crippen LogP contribution in [0.5, 0.6) is 5.75 Å². The fourth-order valence-electron chi connectivity index (χ4n) is 4.19. The van der Waals surface area contributed by atoms with Crippen molar-refractivity contribution in [2.45, 2.75) is 44.7 Å². The number of aryl methyl sites for hydroxylation is 1. The monoisotopic (exact) mass is 507 g/mol. The molecule has 0 bridgehead atoms.